The van der Waals surface area contributed by atoms with Crippen molar-refractivity contribution in [2.45, 2.75) is 44.4 Å². The normalized spacial score (nSPS) is 23.3. The van der Waals surface area contributed by atoms with Gasteiger partial charge in [-0.15, -0.1) is 0 Å². The summed E-state index contributed by atoms with van der Waals surface area (Å²) in [6.07, 6.45) is 7.92. The fraction of sp³-hybridized carbons (Fsp3) is 0.286. The van der Waals surface area contributed by atoms with E-state index in [0.29, 0.717) is 24.9 Å². The molecular weight excluding hydrogens is 487 g/mol. The number of benzene rings is 3. The molecule has 0 aliphatic heterocycles. The predicted octanol–water partition coefficient (Wildman–Crippen LogP) is 8.15. The zero-order valence-corrected chi connectivity index (χ0v) is 22.6. The lowest BCUT2D eigenvalue weighted by Crippen LogP contribution is -2.28. The van der Waals surface area contributed by atoms with Crippen LogP contribution in [0.1, 0.15) is 66.7 Å². The number of carbonyl (C=O) groups excluding carboxylic acids is 1. The molecule has 39 heavy (non-hydrogen) atoms. The molecule has 0 radical (unpaired) electrons. The quantitative estimate of drug-likeness (QED) is 0.315. The van der Waals surface area contributed by atoms with Crippen molar-refractivity contribution in [3.8, 4) is 11.5 Å². The molecular formula is C35H33FO3. The van der Waals surface area contributed by atoms with Gasteiger partial charge in [0.05, 0.1) is 7.11 Å². The lowest BCUT2D eigenvalue weighted by molar-refractivity contribution is -0.113. The SMILES string of the molecule is COc1ccc(C2C(C)c3c(OCC4=CC=C(C(C)=O)C4)cccc3C3CC(c4ccc(F)cc4)=CC32)cc1. The van der Waals surface area contributed by atoms with Gasteiger partial charge in [-0.25, -0.2) is 4.39 Å². The lowest BCUT2D eigenvalue weighted by atomic mass is 9.63. The van der Waals surface area contributed by atoms with Gasteiger partial charge >= 0.3 is 0 Å². The van der Waals surface area contributed by atoms with Crippen LogP contribution in [0.25, 0.3) is 5.57 Å². The first-order valence-corrected chi connectivity index (χ1v) is 13.7. The Morgan fingerprint density at radius 1 is 1.00 bits per heavy atom. The van der Waals surface area contributed by atoms with Gasteiger partial charge in [-0.05, 0) is 101 Å². The van der Waals surface area contributed by atoms with E-state index in [1.54, 1.807) is 26.2 Å². The number of methoxy groups -OCH3 is 1. The van der Waals surface area contributed by atoms with Gasteiger partial charge in [0.1, 0.15) is 23.9 Å². The van der Waals surface area contributed by atoms with Gasteiger partial charge in [0.2, 0.25) is 0 Å². The van der Waals surface area contributed by atoms with Crippen LogP contribution in [0.4, 0.5) is 4.39 Å². The second kappa shape index (κ2) is 10.3. The fourth-order valence-corrected chi connectivity index (χ4v) is 6.78. The highest BCUT2D eigenvalue weighted by atomic mass is 19.1. The molecule has 0 saturated carbocycles. The summed E-state index contributed by atoms with van der Waals surface area (Å²) in [5.74, 6) is 2.77. The Hall–Kier alpha value is -3.92. The van der Waals surface area contributed by atoms with Crippen LogP contribution < -0.4 is 9.47 Å². The van der Waals surface area contributed by atoms with Crippen molar-refractivity contribution in [3.63, 3.8) is 0 Å². The van der Waals surface area contributed by atoms with E-state index < -0.39 is 0 Å². The van der Waals surface area contributed by atoms with Crippen molar-refractivity contribution in [2.75, 3.05) is 13.7 Å². The topological polar surface area (TPSA) is 35.5 Å². The van der Waals surface area contributed by atoms with Crippen molar-refractivity contribution in [3.05, 3.63) is 124 Å². The molecule has 0 saturated heterocycles. The molecule has 198 valence electrons. The molecule has 3 nitrogen and oxygen atoms in total. The number of hydrogen-bond acceptors (Lipinski definition) is 3. The van der Waals surface area contributed by atoms with E-state index in [2.05, 4.69) is 43.3 Å². The third-order valence-corrected chi connectivity index (χ3v) is 8.72. The molecule has 0 amide bonds. The smallest absolute Gasteiger partial charge is 0.156 e. The van der Waals surface area contributed by atoms with Crippen LogP contribution in [0, 0.1) is 11.7 Å². The monoisotopic (exact) mass is 520 g/mol. The molecule has 3 aromatic carbocycles. The number of Topliss-reactive ketones (excluding diaryl/α,β-unsaturated/α-hetero) is 1. The molecule has 3 aromatic rings. The number of ether oxygens (including phenoxy) is 2. The van der Waals surface area contributed by atoms with Crippen LogP contribution in [0.5, 0.6) is 11.5 Å². The summed E-state index contributed by atoms with van der Waals surface area (Å²) in [6, 6.07) is 21.8. The van der Waals surface area contributed by atoms with Crippen molar-refractivity contribution < 1.29 is 18.7 Å². The Balaban J connectivity index is 1.36. The highest BCUT2D eigenvalue weighted by molar-refractivity contribution is 5.94. The molecule has 0 bridgehead atoms. The maximum Gasteiger partial charge on any atom is 0.156 e. The Kier molecular flexibility index (Phi) is 6.72. The highest BCUT2D eigenvalue weighted by Gasteiger charge is 2.45. The second-order valence-corrected chi connectivity index (χ2v) is 11.0. The van der Waals surface area contributed by atoms with Gasteiger partial charge in [-0.2, -0.15) is 0 Å². The first-order valence-electron chi connectivity index (χ1n) is 13.7. The number of fused-ring (bicyclic) bond motifs is 3. The second-order valence-electron chi connectivity index (χ2n) is 11.0. The molecule has 4 atom stereocenters. The zero-order chi connectivity index (χ0) is 27.1. The van der Waals surface area contributed by atoms with Gasteiger partial charge < -0.3 is 9.47 Å². The summed E-state index contributed by atoms with van der Waals surface area (Å²) in [4.78, 5) is 11.8. The van der Waals surface area contributed by atoms with E-state index in [-0.39, 0.29) is 23.4 Å². The molecule has 4 heteroatoms. The van der Waals surface area contributed by atoms with Gasteiger partial charge in [0.15, 0.2) is 5.78 Å². The lowest BCUT2D eigenvalue weighted by Gasteiger charge is -2.41. The first kappa shape index (κ1) is 25.4. The third-order valence-electron chi connectivity index (χ3n) is 8.72. The van der Waals surface area contributed by atoms with Crippen molar-refractivity contribution >= 4 is 11.4 Å². The van der Waals surface area contributed by atoms with Crippen LogP contribution in [0.3, 0.4) is 0 Å². The third kappa shape index (κ3) is 4.73. The maximum atomic E-state index is 13.7. The summed E-state index contributed by atoms with van der Waals surface area (Å²) >= 11 is 0. The minimum Gasteiger partial charge on any atom is -0.497 e. The van der Waals surface area contributed by atoms with E-state index >= 15 is 0 Å². The molecule has 0 aromatic heterocycles. The van der Waals surface area contributed by atoms with Crippen LogP contribution in [-0.2, 0) is 4.79 Å². The van der Waals surface area contributed by atoms with Gasteiger partial charge in [0.25, 0.3) is 0 Å². The van der Waals surface area contributed by atoms with Gasteiger partial charge in [-0.3, -0.25) is 4.79 Å². The van der Waals surface area contributed by atoms with E-state index in [0.717, 1.165) is 34.6 Å². The van der Waals surface area contributed by atoms with E-state index in [9.17, 15) is 9.18 Å². The minimum absolute atomic E-state index is 0.117. The molecule has 0 spiro atoms. The Morgan fingerprint density at radius 3 is 2.46 bits per heavy atom. The van der Waals surface area contributed by atoms with Gasteiger partial charge in [0, 0.05) is 12.0 Å². The minimum atomic E-state index is -0.213. The molecule has 0 heterocycles. The average molecular weight is 521 g/mol. The largest absolute Gasteiger partial charge is 0.497 e. The van der Waals surface area contributed by atoms with Gasteiger partial charge in [-0.1, -0.05) is 61.5 Å². The molecule has 3 aliphatic carbocycles. The fourth-order valence-electron chi connectivity index (χ4n) is 6.78. The van der Waals surface area contributed by atoms with Crippen LogP contribution >= 0.6 is 0 Å². The summed E-state index contributed by atoms with van der Waals surface area (Å²) in [7, 11) is 1.69. The standard InChI is InChI=1S/C35H33FO3/c1-21-34(25-11-15-29(38-3)16-12-25)32-19-27(24-9-13-28(36)14-10-24)18-31(32)30-5-4-6-33(35(21)30)39-20-23-7-8-26(17-23)22(2)37/h4-16,19,21,31-32,34H,17-18,20H2,1-3H3. The zero-order valence-electron chi connectivity index (χ0n) is 22.6. The number of allylic oxidation sites excluding steroid dienone is 5. The number of carbonyl (C=O) groups is 1. The summed E-state index contributed by atoms with van der Waals surface area (Å²) in [5.41, 5.74) is 8.20. The number of hydrogen-bond donors (Lipinski definition) is 0. The van der Waals surface area contributed by atoms with E-state index in [1.807, 2.05) is 36.4 Å². The van der Waals surface area contributed by atoms with Crippen molar-refractivity contribution in [1.82, 2.24) is 0 Å². The van der Waals surface area contributed by atoms with Crippen LogP contribution in [0.2, 0.25) is 0 Å². The Bertz CT molecular complexity index is 1490. The summed E-state index contributed by atoms with van der Waals surface area (Å²) < 4.78 is 25.6. The van der Waals surface area contributed by atoms with E-state index in [4.69, 9.17) is 9.47 Å². The molecule has 6 rings (SSSR count). The van der Waals surface area contributed by atoms with E-state index in [1.165, 1.54) is 22.3 Å². The first-order chi connectivity index (χ1) is 18.9. The number of ketones is 1. The van der Waals surface area contributed by atoms with Crippen molar-refractivity contribution in [1.29, 1.82) is 0 Å². The van der Waals surface area contributed by atoms with Crippen LogP contribution in [0.15, 0.2) is 96.1 Å². The molecule has 4 unspecified atom stereocenters. The Labute approximate surface area is 229 Å². The Morgan fingerprint density at radius 2 is 1.77 bits per heavy atom. The molecule has 3 aliphatic rings. The maximum absolute atomic E-state index is 13.7. The average Bonchev–Trinajstić information content (AvgIpc) is 3.61. The number of rotatable bonds is 7. The predicted molar refractivity (Wildman–Crippen MR) is 153 cm³/mol. The number of halogens is 1. The molecule has 0 N–H and O–H groups in total. The summed E-state index contributed by atoms with van der Waals surface area (Å²) in [6.45, 7) is 4.39. The summed E-state index contributed by atoms with van der Waals surface area (Å²) in [5, 5.41) is 0. The molecule has 0 fully saturated rings. The highest BCUT2D eigenvalue weighted by Crippen LogP contribution is 2.59. The van der Waals surface area contributed by atoms with Crippen molar-refractivity contribution in [2.24, 2.45) is 5.92 Å². The van der Waals surface area contributed by atoms with Crippen LogP contribution in [-0.4, -0.2) is 19.5 Å².